The van der Waals surface area contributed by atoms with E-state index in [0.29, 0.717) is 0 Å². The number of benzene rings is 11. The van der Waals surface area contributed by atoms with Crippen LogP contribution >= 0.6 is 0 Å². The summed E-state index contributed by atoms with van der Waals surface area (Å²) in [5.41, 5.74) is 19.9. The summed E-state index contributed by atoms with van der Waals surface area (Å²) in [7, 11) is 0. The first-order valence-electron chi connectivity index (χ1n) is 22.8. The summed E-state index contributed by atoms with van der Waals surface area (Å²) in [6, 6.07) is 100. The van der Waals surface area contributed by atoms with Crippen molar-refractivity contribution in [2.45, 2.75) is 5.41 Å². The van der Waals surface area contributed by atoms with E-state index in [4.69, 9.17) is 0 Å². The maximum absolute atomic E-state index is 2.48. The quantitative estimate of drug-likeness (QED) is 0.140. The normalized spacial score (nSPS) is 12.4. The molecule has 0 amide bonds. The van der Waals surface area contributed by atoms with Crippen molar-refractivity contribution in [1.82, 2.24) is 0 Å². The molecule has 0 unspecified atom stereocenters. The molecule has 0 N–H and O–H groups in total. The number of hydrogen-bond acceptors (Lipinski definition) is 1. The van der Waals surface area contributed by atoms with Gasteiger partial charge in [-0.15, -0.1) is 0 Å². The van der Waals surface area contributed by atoms with E-state index in [1.54, 1.807) is 0 Å². The minimum absolute atomic E-state index is 0.520. The highest BCUT2D eigenvalue weighted by Crippen LogP contribution is 2.59. The molecule has 11 aromatic carbocycles. The van der Waals surface area contributed by atoms with Crippen LogP contribution in [-0.2, 0) is 5.41 Å². The maximum atomic E-state index is 2.48. The fourth-order valence-electron chi connectivity index (χ4n) is 10.6. The highest BCUT2D eigenvalue weighted by molar-refractivity contribution is 5.99. The topological polar surface area (TPSA) is 3.24 Å². The van der Waals surface area contributed by atoms with Gasteiger partial charge in [-0.2, -0.15) is 0 Å². The number of hydrogen-bond donors (Lipinski definition) is 0. The van der Waals surface area contributed by atoms with Crippen LogP contribution in [0.3, 0.4) is 0 Å². The molecule has 0 fully saturated rings. The lowest BCUT2D eigenvalue weighted by Crippen LogP contribution is -2.28. The lowest BCUT2D eigenvalue weighted by Gasteiger charge is -2.34. The van der Waals surface area contributed by atoms with Gasteiger partial charge >= 0.3 is 0 Å². The second kappa shape index (κ2) is 16.6. The predicted octanol–water partition coefficient (Wildman–Crippen LogP) is 17.3. The predicted molar refractivity (Wildman–Crippen MR) is 278 cm³/mol. The largest absolute Gasteiger partial charge is 0.310 e. The van der Waals surface area contributed by atoms with E-state index < -0.39 is 5.41 Å². The molecule has 0 bridgehead atoms. The van der Waals surface area contributed by atoms with Crippen LogP contribution in [0.2, 0.25) is 0 Å². The zero-order chi connectivity index (χ0) is 43.9. The molecule has 0 spiro atoms. The third kappa shape index (κ3) is 6.64. The van der Waals surface area contributed by atoms with Crippen molar-refractivity contribution in [3.05, 3.63) is 295 Å². The first-order chi connectivity index (χ1) is 32.7. The van der Waals surface area contributed by atoms with Gasteiger partial charge < -0.3 is 4.90 Å². The maximum Gasteiger partial charge on any atom is 0.0714 e. The van der Waals surface area contributed by atoms with E-state index in [0.717, 1.165) is 22.6 Å². The van der Waals surface area contributed by atoms with Crippen molar-refractivity contribution in [1.29, 1.82) is 0 Å². The molecule has 1 nitrogen and oxygen atoms in total. The van der Waals surface area contributed by atoms with Crippen LogP contribution in [0.5, 0.6) is 0 Å². The van der Waals surface area contributed by atoms with Crippen molar-refractivity contribution in [2.24, 2.45) is 0 Å². The van der Waals surface area contributed by atoms with Crippen LogP contribution in [0.1, 0.15) is 22.3 Å². The Morgan fingerprint density at radius 2 is 0.742 bits per heavy atom. The van der Waals surface area contributed by atoms with Crippen LogP contribution in [-0.4, -0.2) is 0 Å². The van der Waals surface area contributed by atoms with E-state index in [-0.39, 0.29) is 0 Å². The van der Waals surface area contributed by atoms with Gasteiger partial charge in [-0.05, 0) is 126 Å². The van der Waals surface area contributed by atoms with Gasteiger partial charge in [-0.25, -0.2) is 0 Å². The Morgan fingerprint density at radius 1 is 0.273 bits per heavy atom. The first-order valence-corrected chi connectivity index (χ1v) is 22.8. The Labute approximate surface area is 387 Å². The summed E-state index contributed by atoms with van der Waals surface area (Å²) >= 11 is 0. The molecular formula is C65H45N. The molecule has 0 heterocycles. The second-order valence-corrected chi connectivity index (χ2v) is 17.2. The molecule has 0 saturated carbocycles. The Morgan fingerprint density at radius 3 is 1.47 bits per heavy atom. The average Bonchev–Trinajstić information content (AvgIpc) is 3.71. The van der Waals surface area contributed by atoms with Gasteiger partial charge in [0.2, 0.25) is 0 Å². The highest BCUT2D eigenvalue weighted by Gasteiger charge is 2.47. The van der Waals surface area contributed by atoms with Gasteiger partial charge in [0.25, 0.3) is 0 Å². The molecule has 1 aliphatic carbocycles. The van der Waals surface area contributed by atoms with Gasteiger partial charge in [0.15, 0.2) is 0 Å². The molecule has 0 atom stereocenters. The van der Waals surface area contributed by atoms with E-state index in [1.807, 2.05) is 0 Å². The SMILES string of the molecule is c1ccc(-c2cccc(-c3ccc(N(c4cccc(-c5cccc(-c6cccc7ccccc67)c5)c4)c4cccc5c4-c4ccccc4C5(c4ccccc4)c4ccccc4)cc3)c2)cc1. The smallest absolute Gasteiger partial charge is 0.0714 e. The van der Waals surface area contributed by atoms with Gasteiger partial charge in [0.05, 0.1) is 11.1 Å². The van der Waals surface area contributed by atoms with Gasteiger partial charge in [0.1, 0.15) is 0 Å². The third-order valence-corrected chi connectivity index (χ3v) is 13.5. The zero-order valence-corrected chi connectivity index (χ0v) is 36.4. The van der Waals surface area contributed by atoms with Crippen LogP contribution < -0.4 is 4.90 Å². The molecule has 0 aliphatic heterocycles. The number of nitrogens with zero attached hydrogens (tertiary/aromatic N) is 1. The average molecular weight is 840 g/mol. The molecular weight excluding hydrogens is 795 g/mol. The molecule has 1 heteroatoms. The molecule has 11 aromatic rings. The van der Waals surface area contributed by atoms with Crippen molar-refractivity contribution >= 4 is 27.8 Å². The molecule has 66 heavy (non-hydrogen) atoms. The number of anilines is 3. The van der Waals surface area contributed by atoms with Gasteiger partial charge in [0, 0.05) is 16.9 Å². The first kappa shape index (κ1) is 39.1. The number of rotatable bonds is 9. The highest BCUT2D eigenvalue weighted by atomic mass is 15.1. The standard InChI is InChI=1S/C65H45N/c1-4-19-46(20-5-1)49-23-14-24-50(43-49)47-39-41-56(42-40-47)66(57-32-16-26-52(45-57)51-25-15-27-53(44-51)59-35-17-22-48-21-10-11-33-58(48)59)63-38-18-37-62-64(63)60-34-12-13-36-61(60)65(62,54-28-6-2-7-29-54)55-30-8-3-9-31-55/h1-45H. The monoisotopic (exact) mass is 839 g/mol. The van der Waals surface area contributed by atoms with E-state index in [2.05, 4.69) is 278 Å². The Balaban J connectivity index is 1.05. The van der Waals surface area contributed by atoms with Crippen LogP contribution in [0.15, 0.2) is 273 Å². The van der Waals surface area contributed by atoms with Crippen molar-refractivity contribution in [2.75, 3.05) is 4.90 Å². The third-order valence-electron chi connectivity index (χ3n) is 13.5. The zero-order valence-electron chi connectivity index (χ0n) is 36.4. The van der Waals surface area contributed by atoms with E-state index in [1.165, 1.54) is 83.1 Å². The summed E-state index contributed by atoms with van der Waals surface area (Å²) < 4.78 is 0. The van der Waals surface area contributed by atoms with Crippen molar-refractivity contribution in [3.63, 3.8) is 0 Å². The van der Waals surface area contributed by atoms with E-state index in [9.17, 15) is 0 Å². The number of fused-ring (bicyclic) bond motifs is 4. The summed E-state index contributed by atoms with van der Waals surface area (Å²) in [5.74, 6) is 0. The molecule has 310 valence electrons. The molecule has 12 rings (SSSR count). The minimum atomic E-state index is -0.520. The summed E-state index contributed by atoms with van der Waals surface area (Å²) in [6.07, 6.45) is 0. The molecule has 0 aromatic heterocycles. The van der Waals surface area contributed by atoms with Gasteiger partial charge in [-0.1, -0.05) is 231 Å². The minimum Gasteiger partial charge on any atom is -0.310 e. The second-order valence-electron chi connectivity index (χ2n) is 17.2. The Bertz CT molecular complexity index is 3470. The van der Waals surface area contributed by atoms with Gasteiger partial charge in [-0.3, -0.25) is 0 Å². The molecule has 0 saturated heterocycles. The Kier molecular flexibility index (Phi) is 9.81. The summed E-state index contributed by atoms with van der Waals surface area (Å²) in [6.45, 7) is 0. The van der Waals surface area contributed by atoms with Crippen molar-refractivity contribution in [3.8, 4) is 55.6 Å². The lowest BCUT2D eigenvalue weighted by atomic mass is 9.68. The van der Waals surface area contributed by atoms with Crippen molar-refractivity contribution < 1.29 is 0 Å². The fraction of sp³-hybridized carbons (Fsp3) is 0.0154. The van der Waals surface area contributed by atoms with Crippen LogP contribution in [0.4, 0.5) is 17.1 Å². The molecule has 1 aliphatic rings. The fourth-order valence-corrected chi connectivity index (χ4v) is 10.6. The molecule has 0 radical (unpaired) electrons. The van der Waals surface area contributed by atoms with Crippen LogP contribution in [0, 0.1) is 0 Å². The lowest BCUT2D eigenvalue weighted by molar-refractivity contribution is 0.768. The summed E-state index contributed by atoms with van der Waals surface area (Å²) in [4.78, 5) is 2.48. The van der Waals surface area contributed by atoms with E-state index >= 15 is 0 Å². The van der Waals surface area contributed by atoms with Crippen LogP contribution in [0.25, 0.3) is 66.4 Å². The Hall–Kier alpha value is -8.52. The summed E-state index contributed by atoms with van der Waals surface area (Å²) in [5, 5.41) is 2.50.